The van der Waals surface area contributed by atoms with E-state index in [4.69, 9.17) is 10.5 Å². The molecule has 0 aliphatic carbocycles. The topological polar surface area (TPSA) is 146 Å². The first-order valence-corrected chi connectivity index (χ1v) is 21.9. The standard InChI is InChI=1S/C50H68N4O5/c1-52-34-44(40-22-24-53-25-23-40)28-37(14-8-26-55)13-7-15-46(56)33-47(57)21-20-41-31-49(59-2)48(58)30-43(41)29-45-35-54-50(51)32-42(45)19-18-39-12-6-11-38(27-39)17-16-36-9-4-3-5-10-36/h3-6,9-12,20-21,27,30-32,35,37,40,44,50,52-55,58H,7-8,13-19,22-26,28-29,33-34,51H2,1-2H3/b21-20+/t37-,44-,50?/m0/s1. The van der Waals surface area contributed by atoms with E-state index < -0.39 is 0 Å². The van der Waals surface area contributed by atoms with E-state index in [1.807, 2.05) is 19.3 Å². The molecule has 3 aromatic rings. The van der Waals surface area contributed by atoms with Crippen molar-refractivity contribution in [3.8, 4) is 11.5 Å². The maximum absolute atomic E-state index is 13.2. The zero-order chi connectivity index (χ0) is 41.8. The van der Waals surface area contributed by atoms with Crippen LogP contribution in [0.2, 0.25) is 0 Å². The van der Waals surface area contributed by atoms with Gasteiger partial charge in [0, 0.05) is 19.2 Å². The number of aliphatic hydroxyl groups excluding tert-OH is 1. The van der Waals surface area contributed by atoms with Gasteiger partial charge in [-0.25, -0.2) is 0 Å². The van der Waals surface area contributed by atoms with Crippen LogP contribution in [0.25, 0.3) is 6.08 Å². The molecule has 2 aliphatic heterocycles. The number of dihydropyridines is 1. The lowest BCUT2D eigenvalue weighted by Crippen LogP contribution is -2.36. The molecule has 3 aromatic carbocycles. The number of phenols is 1. The van der Waals surface area contributed by atoms with Gasteiger partial charge in [-0.3, -0.25) is 9.59 Å². The zero-order valence-corrected chi connectivity index (χ0v) is 35.4. The molecule has 0 aromatic heterocycles. The molecule has 2 aliphatic rings. The number of nitrogens with two attached hydrogens (primary N) is 1. The predicted octanol–water partition coefficient (Wildman–Crippen LogP) is 7.39. The van der Waals surface area contributed by atoms with Gasteiger partial charge >= 0.3 is 0 Å². The van der Waals surface area contributed by atoms with Crippen LogP contribution < -0.4 is 26.4 Å². The van der Waals surface area contributed by atoms with Gasteiger partial charge < -0.3 is 36.6 Å². The van der Waals surface area contributed by atoms with Crippen molar-refractivity contribution in [3.63, 3.8) is 0 Å². The van der Waals surface area contributed by atoms with E-state index in [1.165, 1.54) is 42.7 Å². The fourth-order valence-corrected chi connectivity index (χ4v) is 8.85. The molecule has 0 spiro atoms. The number of allylic oxidation sites excluding steroid dienone is 3. The third kappa shape index (κ3) is 15.2. The Morgan fingerprint density at radius 3 is 2.37 bits per heavy atom. The number of carbonyl (C=O) groups is 2. The number of rotatable bonds is 25. The summed E-state index contributed by atoms with van der Waals surface area (Å²) in [6.07, 6.45) is 18.2. The number of Topliss-reactive ketones (excluding diaryl/α,β-unsaturated/α-hetero) is 1. The Kier molecular flexibility index (Phi) is 18.9. The van der Waals surface area contributed by atoms with Crippen molar-refractivity contribution in [3.05, 3.63) is 124 Å². The maximum atomic E-state index is 13.2. The fourth-order valence-electron chi connectivity index (χ4n) is 8.85. The number of benzene rings is 3. The Bertz CT molecular complexity index is 1870. The van der Waals surface area contributed by atoms with Gasteiger partial charge in [0.15, 0.2) is 17.3 Å². The Labute approximate surface area is 352 Å². The number of aromatic hydroxyl groups is 1. The SMILES string of the molecule is CNC[C@H](C[C@H](CCCO)CCCC(=O)CC(=O)/C=C/c1cc(OC)c(O)cc1CC1=CNC(N)C=C1CCc1cccc(CCc2ccccc2)c1)C1CCNCC1. The minimum absolute atomic E-state index is 0.0189. The Morgan fingerprint density at radius 1 is 0.932 bits per heavy atom. The number of carbonyl (C=O) groups excluding carboxylic acids is 2. The summed E-state index contributed by atoms with van der Waals surface area (Å²) in [5, 5.41) is 30.5. The van der Waals surface area contributed by atoms with E-state index in [0.717, 1.165) is 99.7 Å². The van der Waals surface area contributed by atoms with E-state index in [1.54, 1.807) is 18.2 Å². The van der Waals surface area contributed by atoms with E-state index in [0.29, 0.717) is 36.3 Å². The summed E-state index contributed by atoms with van der Waals surface area (Å²) in [6.45, 7) is 3.31. The molecule has 5 rings (SSSR count). The molecule has 7 N–H and O–H groups in total. The van der Waals surface area contributed by atoms with Crippen LogP contribution >= 0.6 is 0 Å². The van der Waals surface area contributed by atoms with Gasteiger partial charge in [-0.2, -0.15) is 0 Å². The monoisotopic (exact) mass is 805 g/mol. The van der Waals surface area contributed by atoms with Crippen molar-refractivity contribution < 1.29 is 24.5 Å². The van der Waals surface area contributed by atoms with Crippen LogP contribution in [0.4, 0.5) is 0 Å². The van der Waals surface area contributed by atoms with Gasteiger partial charge in [0.05, 0.1) is 19.7 Å². The zero-order valence-electron chi connectivity index (χ0n) is 35.4. The Morgan fingerprint density at radius 2 is 1.64 bits per heavy atom. The molecule has 0 amide bonds. The highest BCUT2D eigenvalue weighted by atomic mass is 16.5. The van der Waals surface area contributed by atoms with Crippen molar-refractivity contribution >= 4 is 17.6 Å². The van der Waals surface area contributed by atoms with E-state index in [2.05, 4.69) is 70.6 Å². The summed E-state index contributed by atoms with van der Waals surface area (Å²) in [6, 6.07) is 22.8. The highest BCUT2D eigenvalue weighted by Crippen LogP contribution is 2.34. The molecule has 2 heterocycles. The van der Waals surface area contributed by atoms with Crippen LogP contribution in [0.5, 0.6) is 11.5 Å². The molecule has 1 fully saturated rings. The Hall–Kier alpha value is -4.54. The number of nitrogens with one attached hydrogen (secondary N) is 3. The number of ether oxygens (including phenoxy) is 1. The summed E-state index contributed by atoms with van der Waals surface area (Å²) in [7, 11) is 3.52. The number of methoxy groups -OCH3 is 1. The number of phenolic OH excluding ortho intramolecular Hbond substituents is 1. The first kappa shape index (κ1) is 45.5. The average Bonchev–Trinajstić information content (AvgIpc) is 3.25. The normalized spacial score (nSPS) is 16.9. The number of aryl methyl sites for hydroxylation is 3. The minimum atomic E-state index is -0.300. The number of hydrogen-bond donors (Lipinski definition) is 6. The Balaban J connectivity index is 1.17. The summed E-state index contributed by atoms with van der Waals surface area (Å²) in [4.78, 5) is 26.2. The van der Waals surface area contributed by atoms with Gasteiger partial charge in [0.1, 0.15) is 5.78 Å². The number of aliphatic hydroxyl groups is 1. The van der Waals surface area contributed by atoms with Crippen molar-refractivity contribution in [2.24, 2.45) is 23.5 Å². The smallest absolute Gasteiger partial charge is 0.163 e. The molecule has 59 heavy (non-hydrogen) atoms. The van der Waals surface area contributed by atoms with Crippen LogP contribution in [0.3, 0.4) is 0 Å². The molecule has 1 saturated heterocycles. The summed E-state index contributed by atoms with van der Waals surface area (Å²) in [5.41, 5.74) is 14.0. The van der Waals surface area contributed by atoms with E-state index in [-0.39, 0.29) is 36.5 Å². The van der Waals surface area contributed by atoms with E-state index >= 15 is 0 Å². The van der Waals surface area contributed by atoms with Crippen molar-refractivity contribution in [2.45, 2.75) is 96.1 Å². The molecule has 1 unspecified atom stereocenters. The molecule has 9 nitrogen and oxygen atoms in total. The molecule has 0 saturated carbocycles. The van der Waals surface area contributed by atoms with Gasteiger partial charge in [-0.15, -0.1) is 0 Å². The lowest BCUT2D eigenvalue weighted by molar-refractivity contribution is -0.124. The van der Waals surface area contributed by atoms with Crippen LogP contribution in [-0.2, 0) is 35.3 Å². The van der Waals surface area contributed by atoms with Crippen LogP contribution in [0.1, 0.15) is 92.0 Å². The first-order chi connectivity index (χ1) is 28.7. The van der Waals surface area contributed by atoms with Crippen molar-refractivity contribution in [2.75, 3.05) is 40.4 Å². The fraction of sp³-hybridized carbons (Fsp3) is 0.480. The number of piperidine rings is 1. The summed E-state index contributed by atoms with van der Waals surface area (Å²) in [5.74, 6) is 1.75. The molecule has 9 heteroatoms. The summed E-state index contributed by atoms with van der Waals surface area (Å²) < 4.78 is 5.44. The van der Waals surface area contributed by atoms with Gasteiger partial charge in [-0.1, -0.05) is 67.1 Å². The maximum Gasteiger partial charge on any atom is 0.163 e. The first-order valence-electron chi connectivity index (χ1n) is 21.9. The highest BCUT2D eigenvalue weighted by Gasteiger charge is 2.26. The van der Waals surface area contributed by atoms with Gasteiger partial charge in [-0.05, 0) is 178 Å². The largest absolute Gasteiger partial charge is 0.504 e. The summed E-state index contributed by atoms with van der Waals surface area (Å²) >= 11 is 0. The molecule has 0 radical (unpaired) electrons. The predicted molar refractivity (Wildman–Crippen MR) is 239 cm³/mol. The van der Waals surface area contributed by atoms with Crippen molar-refractivity contribution in [1.82, 2.24) is 16.0 Å². The number of hydrogen-bond acceptors (Lipinski definition) is 9. The molecular formula is C50H68N4O5. The third-order valence-corrected chi connectivity index (χ3v) is 12.1. The second-order valence-electron chi connectivity index (χ2n) is 16.5. The minimum Gasteiger partial charge on any atom is -0.504 e. The van der Waals surface area contributed by atoms with Crippen LogP contribution in [0, 0.1) is 17.8 Å². The highest BCUT2D eigenvalue weighted by molar-refractivity contribution is 6.06. The molecular weight excluding hydrogens is 737 g/mol. The van der Waals surface area contributed by atoms with Crippen LogP contribution in [-0.4, -0.2) is 68.3 Å². The van der Waals surface area contributed by atoms with Crippen molar-refractivity contribution in [1.29, 1.82) is 0 Å². The molecule has 318 valence electrons. The molecule has 3 atom stereocenters. The third-order valence-electron chi connectivity index (χ3n) is 12.1. The second kappa shape index (κ2) is 24.5. The van der Waals surface area contributed by atoms with Crippen LogP contribution in [0.15, 0.2) is 96.2 Å². The average molecular weight is 805 g/mol. The lowest BCUT2D eigenvalue weighted by Gasteiger charge is -2.33. The quantitative estimate of drug-likeness (QED) is 0.0382. The van der Waals surface area contributed by atoms with Gasteiger partial charge in [0.2, 0.25) is 0 Å². The molecule has 0 bridgehead atoms. The van der Waals surface area contributed by atoms with E-state index in [9.17, 15) is 19.8 Å². The number of ketones is 2. The lowest BCUT2D eigenvalue weighted by atomic mass is 9.77. The van der Waals surface area contributed by atoms with Gasteiger partial charge in [0.25, 0.3) is 0 Å². The second-order valence-corrected chi connectivity index (χ2v) is 16.5.